The molecule has 0 radical (unpaired) electrons. The number of alkyl halides is 3. The number of amides is 1. The maximum absolute atomic E-state index is 12.5. The minimum absolute atomic E-state index is 0.00715. The van der Waals surface area contributed by atoms with Gasteiger partial charge in [0.1, 0.15) is 0 Å². The van der Waals surface area contributed by atoms with Crippen LogP contribution in [-0.4, -0.2) is 39.4 Å². The highest BCUT2D eigenvalue weighted by Crippen LogP contribution is 2.17. The topological polar surface area (TPSA) is 72.5 Å². The lowest BCUT2D eigenvalue weighted by Crippen LogP contribution is -2.37. The van der Waals surface area contributed by atoms with Crippen molar-refractivity contribution in [3.05, 3.63) is 65.7 Å². The number of carbonyl (C=O) groups is 1. The average molecular weight is 458 g/mol. The number of aryl methyl sites for hydroxylation is 1. The van der Waals surface area contributed by atoms with Gasteiger partial charge in [-0.05, 0) is 48.9 Å². The summed E-state index contributed by atoms with van der Waals surface area (Å²) in [5.41, 5.74) is 1.75. The Hall–Kier alpha value is -2.39. The van der Waals surface area contributed by atoms with Crippen LogP contribution >= 0.6 is 0 Å². The fourth-order valence-electron chi connectivity index (χ4n) is 2.87. The number of carbonyl (C=O) groups excluding carboxylic acids is 1. The number of nitrogens with one attached hydrogen (secondary N) is 1. The Labute approximate surface area is 180 Å². The molecule has 1 amide bonds. The SMILES string of the molecule is O=C(NCCCc1cccc(S(=O)(=O)CCCCOCc2ccccc2)c1)C(F)(F)F. The van der Waals surface area contributed by atoms with Crippen LogP contribution in [0.25, 0.3) is 0 Å². The van der Waals surface area contributed by atoms with Gasteiger partial charge in [0.25, 0.3) is 0 Å². The summed E-state index contributed by atoms with van der Waals surface area (Å²) in [6.07, 6.45) is -3.20. The second-order valence-electron chi connectivity index (χ2n) is 7.07. The largest absolute Gasteiger partial charge is 0.471 e. The molecular formula is C22H26F3NO4S. The summed E-state index contributed by atoms with van der Waals surface area (Å²) in [7, 11) is -3.46. The van der Waals surface area contributed by atoms with Gasteiger partial charge in [0.15, 0.2) is 9.84 Å². The molecule has 0 fully saturated rings. The summed E-state index contributed by atoms with van der Waals surface area (Å²) in [5.74, 6) is -1.98. The van der Waals surface area contributed by atoms with Crippen molar-refractivity contribution in [3.8, 4) is 0 Å². The summed E-state index contributed by atoms with van der Waals surface area (Å²) >= 11 is 0. The number of unbranched alkanes of at least 4 members (excludes halogenated alkanes) is 1. The Morgan fingerprint density at radius 1 is 0.935 bits per heavy atom. The maximum Gasteiger partial charge on any atom is 0.471 e. The molecule has 170 valence electrons. The van der Waals surface area contributed by atoms with Gasteiger partial charge in [-0.3, -0.25) is 4.79 Å². The van der Waals surface area contributed by atoms with E-state index in [2.05, 4.69) is 0 Å². The van der Waals surface area contributed by atoms with E-state index in [1.807, 2.05) is 30.3 Å². The lowest BCUT2D eigenvalue weighted by Gasteiger charge is -2.09. The number of sulfone groups is 1. The van der Waals surface area contributed by atoms with Crippen molar-refractivity contribution in [1.82, 2.24) is 5.32 Å². The molecule has 0 aliphatic carbocycles. The van der Waals surface area contributed by atoms with Crippen LogP contribution in [0.1, 0.15) is 30.4 Å². The highest BCUT2D eigenvalue weighted by Gasteiger charge is 2.38. The summed E-state index contributed by atoms with van der Waals surface area (Å²) in [6.45, 7) is 0.811. The van der Waals surface area contributed by atoms with Crippen molar-refractivity contribution < 1.29 is 31.1 Å². The number of ether oxygens (including phenoxy) is 1. The second-order valence-corrected chi connectivity index (χ2v) is 9.18. The Bertz CT molecular complexity index is 931. The molecule has 1 N–H and O–H groups in total. The summed E-state index contributed by atoms with van der Waals surface area (Å²) in [4.78, 5) is 11.0. The minimum atomic E-state index is -4.90. The van der Waals surface area contributed by atoms with Crippen LogP contribution in [0.15, 0.2) is 59.5 Å². The van der Waals surface area contributed by atoms with E-state index >= 15 is 0 Å². The summed E-state index contributed by atoms with van der Waals surface area (Å²) in [6, 6.07) is 16.1. The third kappa shape index (κ3) is 9.10. The standard InChI is InChI=1S/C22H26F3NO4S/c23-22(24,25)21(27)26-13-7-11-18-10-6-12-20(16-18)31(28,29)15-5-4-14-30-17-19-8-2-1-3-9-19/h1-3,6,8-10,12,16H,4-5,7,11,13-15,17H2,(H,26,27). The molecule has 0 atom stereocenters. The molecule has 9 heteroatoms. The van der Waals surface area contributed by atoms with E-state index < -0.39 is 21.9 Å². The zero-order valence-corrected chi connectivity index (χ0v) is 17.8. The van der Waals surface area contributed by atoms with Crippen LogP contribution in [-0.2, 0) is 32.4 Å². The third-order valence-electron chi connectivity index (χ3n) is 4.51. The maximum atomic E-state index is 12.5. The van der Waals surface area contributed by atoms with E-state index in [-0.39, 0.29) is 23.6 Å². The zero-order valence-electron chi connectivity index (χ0n) is 17.0. The van der Waals surface area contributed by atoms with Gasteiger partial charge in [-0.25, -0.2) is 8.42 Å². The fourth-order valence-corrected chi connectivity index (χ4v) is 4.30. The second kappa shape index (κ2) is 11.9. The predicted molar refractivity (Wildman–Crippen MR) is 111 cm³/mol. The number of hydrogen-bond acceptors (Lipinski definition) is 4. The highest BCUT2D eigenvalue weighted by molar-refractivity contribution is 7.91. The van der Waals surface area contributed by atoms with Gasteiger partial charge in [0, 0.05) is 13.2 Å². The average Bonchev–Trinajstić information content (AvgIpc) is 2.74. The Kier molecular flexibility index (Phi) is 9.51. The van der Waals surface area contributed by atoms with E-state index in [0.29, 0.717) is 38.0 Å². The van der Waals surface area contributed by atoms with E-state index in [1.54, 1.807) is 17.4 Å². The quantitative estimate of drug-likeness (QED) is 0.488. The van der Waals surface area contributed by atoms with E-state index in [9.17, 15) is 26.4 Å². The number of rotatable bonds is 12. The Morgan fingerprint density at radius 3 is 2.35 bits per heavy atom. The van der Waals surface area contributed by atoms with E-state index in [1.165, 1.54) is 12.1 Å². The molecular weight excluding hydrogens is 431 g/mol. The third-order valence-corrected chi connectivity index (χ3v) is 6.30. The molecule has 0 heterocycles. The predicted octanol–water partition coefficient (Wildman–Crippen LogP) is 4.07. The van der Waals surface area contributed by atoms with Crippen molar-refractivity contribution in [2.24, 2.45) is 0 Å². The molecule has 0 aliphatic heterocycles. The molecule has 0 saturated heterocycles. The van der Waals surface area contributed by atoms with Gasteiger partial charge in [0.2, 0.25) is 0 Å². The highest BCUT2D eigenvalue weighted by atomic mass is 32.2. The van der Waals surface area contributed by atoms with E-state index in [0.717, 1.165) is 5.56 Å². The smallest absolute Gasteiger partial charge is 0.377 e. The van der Waals surface area contributed by atoms with Gasteiger partial charge in [-0.1, -0.05) is 42.5 Å². The van der Waals surface area contributed by atoms with Crippen LogP contribution in [0.4, 0.5) is 13.2 Å². The van der Waals surface area contributed by atoms with Crippen molar-refractivity contribution in [2.75, 3.05) is 18.9 Å². The molecule has 0 unspecified atom stereocenters. The molecule has 31 heavy (non-hydrogen) atoms. The molecule has 2 rings (SSSR count). The molecule has 0 aromatic heterocycles. The molecule has 0 bridgehead atoms. The van der Waals surface area contributed by atoms with Crippen molar-refractivity contribution in [3.63, 3.8) is 0 Å². The molecule has 5 nitrogen and oxygen atoms in total. The summed E-state index contributed by atoms with van der Waals surface area (Å²) < 4.78 is 67.1. The fraction of sp³-hybridized carbons (Fsp3) is 0.409. The number of benzene rings is 2. The van der Waals surface area contributed by atoms with Crippen LogP contribution in [0.3, 0.4) is 0 Å². The van der Waals surface area contributed by atoms with Crippen LogP contribution in [0.5, 0.6) is 0 Å². The van der Waals surface area contributed by atoms with Gasteiger partial charge >= 0.3 is 12.1 Å². The van der Waals surface area contributed by atoms with Gasteiger partial charge in [-0.15, -0.1) is 0 Å². The Morgan fingerprint density at radius 2 is 1.65 bits per heavy atom. The lowest BCUT2D eigenvalue weighted by molar-refractivity contribution is -0.173. The normalized spacial score (nSPS) is 12.0. The monoisotopic (exact) mass is 457 g/mol. The summed E-state index contributed by atoms with van der Waals surface area (Å²) in [5, 5.41) is 1.80. The van der Waals surface area contributed by atoms with Gasteiger partial charge in [-0.2, -0.15) is 13.2 Å². The van der Waals surface area contributed by atoms with Crippen molar-refractivity contribution >= 4 is 15.7 Å². The molecule has 2 aromatic carbocycles. The molecule has 0 aliphatic rings. The zero-order chi connectivity index (χ0) is 22.7. The van der Waals surface area contributed by atoms with Gasteiger partial charge in [0.05, 0.1) is 17.3 Å². The van der Waals surface area contributed by atoms with Crippen LogP contribution in [0.2, 0.25) is 0 Å². The first-order valence-electron chi connectivity index (χ1n) is 9.97. The number of hydrogen-bond donors (Lipinski definition) is 1. The van der Waals surface area contributed by atoms with Crippen LogP contribution < -0.4 is 5.32 Å². The number of halogens is 3. The first kappa shape index (κ1) is 24.9. The lowest BCUT2D eigenvalue weighted by atomic mass is 10.1. The molecule has 0 spiro atoms. The van der Waals surface area contributed by atoms with E-state index in [4.69, 9.17) is 4.74 Å². The first-order valence-corrected chi connectivity index (χ1v) is 11.6. The van der Waals surface area contributed by atoms with Crippen LogP contribution in [0, 0.1) is 0 Å². The Balaban J connectivity index is 1.72. The van der Waals surface area contributed by atoms with Crippen molar-refractivity contribution in [1.29, 1.82) is 0 Å². The molecule has 0 saturated carbocycles. The minimum Gasteiger partial charge on any atom is -0.377 e. The first-order chi connectivity index (χ1) is 14.7. The molecule has 2 aromatic rings. The van der Waals surface area contributed by atoms with Gasteiger partial charge < -0.3 is 10.1 Å². The van der Waals surface area contributed by atoms with Crippen molar-refractivity contribution in [2.45, 2.75) is 43.4 Å².